The monoisotopic (exact) mass is 1270 g/mol. The van der Waals surface area contributed by atoms with E-state index in [0.717, 1.165) is 131 Å². The van der Waals surface area contributed by atoms with E-state index in [1.54, 1.807) is 0 Å². The van der Waals surface area contributed by atoms with Gasteiger partial charge in [-0.1, -0.05) is 237 Å². The lowest BCUT2D eigenvalue weighted by Gasteiger charge is -2.29. The number of nitrogens with one attached hydrogen (secondary N) is 2. The summed E-state index contributed by atoms with van der Waals surface area (Å²) in [6.45, 7) is 17.6. The summed E-state index contributed by atoms with van der Waals surface area (Å²) in [5.74, 6) is 16.6. The first kappa shape index (κ1) is 68.7. The Hall–Kier alpha value is -9.69. The second kappa shape index (κ2) is 32.2. The molecule has 4 N–H and O–H groups in total. The molecular weight excluding hydrogens is 1190 g/mol. The third-order valence-electron chi connectivity index (χ3n) is 16.8. The SMILES string of the molecule is CCCCCCC#Cc1cc(-c2ccc(C#C[Si](C)(C)C)cc2)c(C(=O)O)c(-c2ccc(-c3ccc(NC(=O)[C@H]4CCCC[C@@H]4C(=O)Nc4ccc(-c5ccc(-c6cc(C#CCCCCCC)cc(-c7ccc(C#C[Si](C)(C)C)cc7)c6C(=O)O)cc5)cc4)cc3)cc2)c1. The normalized spacial score (nSPS) is 13.5. The molecule has 1 aliphatic carbocycles. The van der Waals surface area contributed by atoms with Gasteiger partial charge in [0.2, 0.25) is 11.8 Å². The number of hydrogen-bond acceptors (Lipinski definition) is 4. The van der Waals surface area contributed by atoms with Gasteiger partial charge in [0.05, 0.1) is 11.1 Å². The summed E-state index contributed by atoms with van der Waals surface area (Å²) in [4.78, 5) is 54.7. The minimum absolute atomic E-state index is 0.194. The number of carboxylic acids is 2. The van der Waals surface area contributed by atoms with Crippen molar-refractivity contribution in [2.24, 2.45) is 11.8 Å². The van der Waals surface area contributed by atoms with E-state index >= 15 is 0 Å². The molecule has 9 rings (SSSR count). The molecular formula is C84H86N2O6Si2. The number of amides is 2. The van der Waals surface area contributed by atoms with Crippen LogP contribution in [0.25, 0.3) is 66.8 Å². The maximum absolute atomic E-state index is 14.1. The molecule has 476 valence electrons. The van der Waals surface area contributed by atoms with Gasteiger partial charge in [0, 0.05) is 58.3 Å². The molecule has 0 radical (unpaired) electrons. The summed E-state index contributed by atoms with van der Waals surface area (Å²) >= 11 is 0. The number of aromatic carboxylic acids is 2. The third kappa shape index (κ3) is 19.0. The average Bonchev–Trinajstić information content (AvgIpc) is 0.798. The topological polar surface area (TPSA) is 133 Å². The molecule has 1 fully saturated rings. The van der Waals surface area contributed by atoms with Crippen LogP contribution >= 0.6 is 0 Å². The molecule has 1 aliphatic rings. The van der Waals surface area contributed by atoms with Gasteiger partial charge in [-0.05, 0) is 165 Å². The Morgan fingerprint density at radius 1 is 0.383 bits per heavy atom. The number of unbranched alkanes of at least 4 members (excludes halogenated alkanes) is 8. The fourth-order valence-electron chi connectivity index (χ4n) is 11.8. The van der Waals surface area contributed by atoms with Crippen molar-refractivity contribution >= 4 is 51.3 Å². The number of anilines is 2. The molecule has 1 saturated carbocycles. The van der Waals surface area contributed by atoms with Gasteiger partial charge in [-0.25, -0.2) is 9.59 Å². The van der Waals surface area contributed by atoms with E-state index in [0.29, 0.717) is 46.5 Å². The highest BCUT2D eigenvalue weighted by Gasteiger charge is 2.36. The molecule has 0 spiro atoms. The molecule has 8 aromatic carbocycles. The van der Waals surface area contributed by atoms with Crippen LogP contribution in [-0.4, -0.2) is 50.1 Å². The highest BCUT2D eigenvalue weighted by atomic mass is 28.3. The van der Waals surface area contributed by atoms with Gasteiger partial charge >= 0.3 is 11.9 Å². The van der Waals surface area contributed by atoms with Crippen molar-refractivity contribution in [2.45, 2.75) is 143 Å². The van der Waals surface area contributed by atoms with E-state index in [1.807, 2.05) is 170 Å². The fourth-order valence-corrected chi connectivity index (χ4v) is 12.8. The zero-order valence-corrected chi connectivity index (χ0v) is 57.7. The Balaban J connectivity index is 0.868. The largest absolute Gasteiger partial charge is 0.478 e. The summed E-state index contributed by atoms with van der Waals surface area (Å²) in [6, 6.07) is 54.2. The number of rotatable bonds is 20. The second-order valence-electron chi connectivity index (χ2n) is 26.7. The lowest BCUT2D eigenvalue weighted by Crippen LogP contribution is -2.38. The molecule has 2 atom stereocenters. The Morgan fingerprint density at radius 3 is 0.957 bits per heavy atom. The van der Waals surface area contributed by atoms with Crippen LogP contribution in [0, 0.1) is 58.4 Å². The Kier molecular flexibility index (Phi) is 23.6. The first-order chi connectivity index (χ1) is 45.2. The molecule has 0 aromatic heterocycles. The van der Waals surface area contributed by atoms with Crippen LogP contribution in [0.3, 0.4) is 0 Å². The highest BCUT2D eigenvalue weighted by Crippen LogP contribution is 2.39. The van der Waals surface area contributed by atoms with Crippen LogP contribution in [0.15, 0.2) is 170 Å². The second-order valence-corrected chi connectivity index (χ2v) is 36.2. The summed E-state index contributed by atoms with van der Waals surface area (Å²) < 4.78 is 0. The van der Waals surface area contributed by atoms with Crippen LogP contribution in [0.2, 0.25) is 39.3 Å². The predicted molar refractivity (Wildman–Crippen MR) is 394 cm³/mol. The molecule has 8 nitrogen and oxygen atoms in total. The smallest absolute Gasteiger partial charge is 0.336 e. The average molecular weight is 1280 g/mol. The van der Waals surface area contributed by atoms with Crippen molar-refractivity contribution in [3.05, 3.63) is 203 Å². The van der Waals surface area contributed by atoms with Crippen LogP contribution in [0.4, 0.5) is 11.4 Å². The summed E-state index contributed by atoms with van der Waals surface area (Å²) in [5, 5.41) is 27.9. The van der Waals surface area contributed by atoms with Gasteiger partial charge in [0.25, 0.3) is 0 Å². The van der Waals surface area contributed by atoms with E-state index in [1.165, 1.54) is 12.8 Å². The number of hydrogen-bond donors (Lipinski definition) is 4. The summed E-state index contributed by atoms with van der Waals surface area (Å²) in [5.41, 5.74) is 20.9. The summed E-state index contributed by atoms with van der Waals surface area (Å²) in [6.07, 6.45) is 13.4. The van der Waals surface area contributed by atoms with Gasteiger partial charge in [0.1, 0.15) is 16.1 Å². The van der Waals surface area contributed by atoms with E-state index in [9.17, 15) is 29.4 Å². The van der Waals surface area contributed by atoms with Crippen molar-refractivity contribution in [1.29, 1.82) is 0 Å². The van der Waals surface area contributed by atoms with Gasteiger partial charge in [-0.3, -0.25) is 9.59 Å². The maximum atomic E-state index is 14.1. The molecule has 0 saturated heterocycles. The van der Waals surface area contributed by atoms with E-state index < -0.39 is 39.9 Å². The van der Waals surface area contributed by atoms with E-state index in [-0.39, 0.29) is 22.9 Å². The van der Waals surface area contributed by atoms with Crippen LogP contribution in [0.1, 0.15) is 147 Å². The fraction of sp³-hybridized carbons (Fsp3) is 0.286. The standard InChI is InChI=1S/C84H86N2O6Si2/c1-9-11-13-15-17-19-23-61-55-75(67-31-27-59(28-32-67)51-53-93(3,4)5)79(83(89)90)77(57-61)69-39-35-63(36-40-69)65-43-47-71(48-44-65)85-81(87)73-25-21-22-26-74(73)82(88)86-72-49-45-66(46-50-72)64-37-41-70(42-38-64)78-58-62(24-20-18-16-14-12-10-2)56-76(80(78)84(91)92)68-33-29-60(30-34-68)52-54-94(6,7)8/h27-50,55-58,73-74H,9-18,21-22,25-26H2,1-8H3,(H,85,87)(H,86,88)(H,89,90)(H,91,92)/t73-,74-/m0/s1. The van der Waals surface area contributed by atoms with Gasteiger partial charge in [0.15, 0.2) is 0 Å². The van der Waals surface area contributed by atoms with Crippen molar-refractivity contribution in [1.82, 2.24) is 0 Å². The highest BCUT2D eigenvalue weighted by molar-refractivity contribution is 6.84. The lowest BCUT2D eigenvalue weighted by atomic mass is 9.78. The molecule has 0 unspecified atom stereocenters. The van der Waals surface area contributed by atoms with Crippen molar-refractivity contribution in [2.75, 3.05) is 10.6 Å². The molecule has 8 aromatic rings. The van der Waals surface area contributed by atoms with Crippen LogP contribution in [-0.2, 0) is 9.59 Å². The number of carbonyl (C=O) groups excluding carboxylic acids is 2. The summed E-state index contributed by atoms with van der Waals surface area (Å²) in [7, 11) is -3.18. The minimum Gasteiger partial charge on any atom is -0.478 e. The predicted octanol–water partition coefficient (Wildman–Crippen LogP) is 20.6. The number of carboxylic acid groups (broad SMARTS) is 2. The Bertz CT molecular complexity index is 4000. The van der Waals surface area contributed by atoms with Crippen LogP contribution in [0.5, 0.6) is 0 Å². The number of benzene rings is 8. The van der Waals surface area contributed by atoms with Gasteiger partial charge in [-0.2, -0.15) is 0 Å². The van der Waals surface area contributed by atoms with Crippen molar-refractivity contribution in [3.63, 3.8) is 0 Å². The quantitative estimate of drug-likeness (QED) is 0.0341. The third-order valence-corrected chi connectivity index (χ3v) is 18.6. The van der Waals surface area contributed by atoms with Crippen molar-refractivity contribution < 1.29 is 29.4 Å². The zero-order chi connectivity index (χ0) is 66.8. The minimum atomic E-state index is -1.59. The zero-order valence-electron chi connectivity index (χ0n) is 55.7. The molecule has 0 aliphatic heterocycles. The van der Waals surface area contributed by atoms with E-state index in [4.69, 9.17) is 0 Å². The van der Waals surface area contributed by atoms with E-state index in [2.05, 4.69) is 110 Å². The van der Waals surface area contributed by atoms with Gasteiger partial charge in [-0.15, -0.1) is 11.1 Å². The lowest BCUT2D eigenvalue weighted by molar-refractivity contribution is -0.130. The first-order valence-corrected chi connectivity index (χ1v) is 40.3. The molecule has 0 bridgehead atoms. The molecule has 2 amide bonds. The molecule has 0 heterocycles. The maximum Gasteiger partial charge on any atom is 0.336 e. The number of carbonyl (C=O) groups is 4. The Morgan fingerprint density at radius 2 is 0.670 bits per heavy atom. The van der Waals surface area contributed by atoms with Crippen LogP contribution < -0.4 is 10.6 Å². The van der Waals surface area contributed by atoms with Crippen molar-refractivity contribution in [3.8, 4) is 113 Å². The van der Waals surface area contributed by atoms with Gasteiger partial charge < -0.3 is 20.8 Å². The first-order valence-electron chi connectivity index (χ1n) is 33.3. The molecule has 10 heteroatoms. The Labute approximate surface area is 559 Å². The molecule has 94 heavy (non-hydrogen) atoms.